The van der Waals surface area contributed by atoms with Gasteiger partial charge in [-0.2, -0.15) is 5.26 Å². The van der Waals surface area contributed by atoms with Crippen LogP contribution in [-0.2, 0) is 0 Å². The van der Waals surface area contributed by atoms with Crippen molar-refractivity contribution >= 4 is 15.9 Å². The molecule has 1 heterocycles. The summed E-state index contributed by atoms with van der Waals surface area (Å²) in [6.07, 6.45) is 1.76. The molecular formula is C12H7BrN2. The van der Waals surface area contributed by atoms with Gasteiger partial charge in [0.1, 0.15) is 0 Å². The SMILES string of the molecule is N#Cc1ccc(-c2ccc(Br)cn2)cc1. The first-order chi connectivity index (χ1) is 7.29. The molecule has 0 spiro atoms. The molecule has 3 heteroatoms. The fourth-order valence-electron chi connectivity index (χ4n) is 1.26. The van der Waals surface area contributed by atoms with Gasteiger partial charge in [-0.05, 0) is 40.2 Å². The number of nitrogens with zero attached hydrogens (tertiary/aromatic N) is 2. The first kappa shape index (κ1) is 9.88. The van der Waals surface area contributed by atoms with Gasteiger partial charge in [0.25, 0.3) is 0 Å². The molecule has 0 saturated heterocycles. The maximum Gasteiger partial charge on any atom is 0.0991 e. The molecule has 0 bridgehead atoms. The number of benzene rings is 1. The Balaban J connectivity index is 2.38. The molecule has 72 valence electrons. The molecule has 0 aliphatic heterocycles. The average molecular weight is 259 g/mol. The summed E-state index contributed by atoms with van der Waals surface area (Å²) >= 11 is 3.34. The normalized spacial score (nSPS) is 9.60. The van der Waals surface area contributed by atoms with E-state index in [9.17, 15) is 0 Å². The molecule has 0 aliphatic rings. The van der Waals surface area contributed by atoms with Crippen LogP contribution in [-0.4, -0.2) is 4.98 Å². The van der Waals surface area contributed by atoms with Crippen molar-refractivity contribution in [3.05, 3.63) is 52.6 Å². The van der Waals surface area contributed by atoms with Gasteiger partial charge < -0.3 is 0 Å². The molecule has 0 N–H and O–H groups in total. The second kappa shape index (κ2) is 4.24. The number of aromatic nitrogens is 1. The monoisotopic (exact) mass is 258 g/mol. The Hall–Kier alpha value is -1.66. The van der Waals surface area contributed by atoms with Gasteiger partial charge in [-0.15, -0.1) is 0 Å². The molecule has 2 aromatic rings. The van der Waals surface area contributed by atoms with E-state index in [4.69, 9.17) is 5.26 Å². The molecule has 1 aromatic carbocycles. The lowest BCUT2D eigenvalue weighted by molar-refractivity contribution is 1.31. The quantitative estimate of drug-likeness (QED) is 0.787. The van der Waals surface area contributed by atoms with Crippen LogP contribution in [0.1, 0.15) is 5.56 Å². The van der Waals surface area contributed by atoms with Gasteiger partial charge in [-0.3, -0.25) is 4.98 Å². The van der Waals surface area contributed by atoms with Crippen LogP contribution in [0.4, 0.5) is 0 Å². The predicted molar refractivity (Wildman–Crippen MR) is 62.1 cm³/mol. The molecule has 2 nitrogen and oxygen atoms in total. The summed E-state index contributed by atoms with van der Waals surface area (Å²) in [4.78, 5) is 4.27. The van der Waals surface area contributed by atoms with Crippen LogP contribution in [0.3, 0.4) is 0 Å². The van der Waals surface area contributed by atoms with E-state index < -0.39 is 0 Å². The average Bonchev–Trinajstić information content (AvgIpc) is 2.30. The predicted octanol–water partition coefficient (Wildman–Crippen LogP) is 3.38. The van der Waals surface area contributed by atoms with Gasteiger partial charge in [0.05, 0.1) is 17.3 Å². The van der Waals surface area contributed by atoms with Crippen molar-refractivity contribution in [2.75, 3.05) is 0 Å². The summed E-state index contributed by atoms with van der Waals surface area (Å²) in [6, 6.07) is 13.3. The second-order valence-corrected chi connectivity index (χ2v) is 3.97. The highest BCUT2D eigenvalue weighted by Crippen LogP contribution is 2.18. The Morgan fingerprint density at radius 2 is 1.80 bits per heavy atom. The van der Waals surface area contributed by atoms with E-state index in [-0.39, 0.29) is 0 Å². The van der Waals surface area contributed by atoms with E-state index in [0.29, 0.717) is 5.56 Å². The lowest BCUT2D eigenvalue weighted by atomic mass is 10.1. The number of hydrogen-bond donors (Lipinski definition) is 0. The van der Waals surface area contributed by atoms with Gasteiger partial charge in [0.15, 0.2) is 0 Å². The highest BCUT2D eigenvalue weighted by atomic mass is 79.9. The molecule has 0 aliphatic carbocycles. The third kappa shape index (κ3) is 2.23. The van der Waals surface area contributed by atoms with E-state index in [1.807, 2.05) is 24.3 Å². The molecule has 1 aromatic heterocycles. The maximum atomic E-state index is 8.66. The highest BCUT2D eigenvalue weighted by Gasteiger charge is 1.98. The van der Waals surface area contributed by atoms with Crippen LogP contribution in [0.25, 0.3) is 11.3 Å². The Morgan fingerprint density at radius 3 is 2.33 bits per heavy atom. The van der Waals surface area contributed by atoms with Crippen LogP contribution in [0.15, 0.2) is 47.1 Å². The standard InChI is InChI=1S/C12H7BrN2/c13-11-5-6-12(15-8-11)10-3-1-9(7-14)2-4-10/h1-6,8H. The zero-order valence-electron chi connectivity index (χ0n) is 7.81. The molecular weight excluding hydrogens is 252 g/mol. The molecule has 0 radical (unpaired) electrons. The minimum atomic E-state index is 0.663. The molecule has 0 fully saturated rings. The van der Waals surface area contributed by atoms with Gasteiger partial charge in [0, 0.05) is 16.2 Å². The summed E-state index contributed by atoms with van der Waals surface area (Å²) in [5, 5.41) is 8.66. The van der Waals surface area contributed by atoms with Crippen molar-refractivity contribution in [3.8, 4) is 17.3 Å². The summed E-state index contributed by atoms with van der Waals surface area (Å²) in [6.45, 7) is 0. The fourth-order valence-corrected chi connectivity index (χ4v) is 1.50. The lowest BCUT2D eigenvalue weighted by Crippen LogP contribution is -1.82. The molecule has 2 rings (SSSR count). The Kier molecular flexibility index (Phi) is 2.79. The van der Waals surface area contributed by atoms with Crippen LogP contribution >= 0.6 is 15.9 Å². The van der Waals surface area contributed by atoms with E-state index in [2.05, 4.69) is 27.0 Å². The van der Waals surface area contributed by atoms with Crippen LogP contribution < -0.4 is 0 Å². The largest absolute Gasteiger partial charge is 0.255 e. The topological polar surface area (TPSA) is 36.7 Å². The maximum absolute atomic E-state index is 8.66. The fraction of sp³-hybridized carbons (Fsp3) is 0. The van der Waals surface area contributed by atoms with E-state index >= 15 is 0 Å². The molecule has 15 heavy (non-hydrogen) atoms. The van der Waals surface area contributed by atoms with Crippen LogP contribution in [0.5, 0.6) is 0 Å². The van der Waals surface area contributed by atoms with Gasteiger partial charge >= 0.3 is 0 Å². The summed E-state index contributed by atoms with van der Waals surface area (Å²) in [7, 11) is 0. The summed E-state index contributed by atoms with van der Waals surface area (Å²) in [5.41, 5.74) is 2.58. The molecule has 0 unspecified atom stereocenters. The smallest absolute Gasteiger partial charge is 0.0991 e. The first-order valence-corrected chi connectivity index (χ1v) is 5.21. The van der Waals surface area contributed by atoms with Crippen molar-refractivity contribution in [1.82, 2.24) is 4.98 Å². The zero-order valence-corrected chi connectivity index (χ0v) is 9.40. The third-order valence-electron chi connectivity index (χ3n) is 2.04. The van der Waals surface area contributed by atoms with E-state index in [1.165, 1.54) is 0 Å². The zero-order chi connectivity index (χ0) is 10.7. The van der Waals surface area contributed by atoms with Crippen molar-refractivity contribution in [1.29, 1.82) is 5.26 Å². The van der Waals surface area contributed by atoms with E-state index in [0.717, 1.165) is 15.7 Å². The summed E-state index contributed by atoms with van der Waals surface area (Å²) in [5.74, 6) is 0. The van der Waals surface area contributed by atoms with Crippen molar-refractivity contribution in [2.45, 2.75) is 0 Å². The Labute approximate surface area is 96.3 Å². The second-order valence-electron chi connectivity index (χ2n) is 3.05. The number of halogens is 1. The molecule has 0 amide bonds. The Bertz CT molecular complexity index is 495. The minimum Gasteiger partial charge on any atom is -0.255 e. The van der Waals surface area contributed by atoms with Crippen molar-refractivity contribution in [3.63, 3.8) is 0 Å². The Morgan fingerprint density at radius 1 is 1.07 bits per heavy atom. The highest BCUT2D eigenvalue weighted by molar-refractivity contribution is 9.10. The molecule has 0 saturated carbocycles. The molecule has 0 atom stereocenters. The minimum absolute atomic E-state index is 0.663. The van der Waals surface area contributed by atoms with Crippen molar-refractivity contribution < 1.29 is 0 Å². The number of nitriles is 1. The van der Waals surface area contributed by atoms with Gasteiger partial charge in [0.2, 0.25) is 0 Å². The lowest BCUT2D eigenvalue weighted by Gasteiger charge is -2.00. The number of rotatable bonds is 1. The van der Waals surface area contributed by atoms with E-state index in [1.54, 1.807) is 18.3 Å². The first-order valence-electron chi connectivity index (χ1n) is 4.42. The third-order valence-corrected chi connectivity index (χ3v) is 2.51. The van der Waals surface area contributed by atoms with Crippen LogP contribution in [0.2, 0.25) is 0 Å². The van der Waals surface area contributed by atoms with Crippen LogP contribution in [0, 0.1) is 11.3 Å². The summed E-state index contributed by atoms with van der Waals surface area (Å²) < 4.78 is 0.958. The van der Waals surface area contributed by atoms with Gasteiger partial charge in [-0.1, -0.05) is 12.1 Å². The number of pyridine rings is 1. The van der Waals surface area contributed by atoms with Crippen molar-refractivity contribution in [2.24, 2.45) is 0 Å². The van der Waals surface area contributed by atoms with Gasteiger partial charge in [-0.25, -0.2) is 0 Å². The number of hydrogen-bond acceptors (Lipinski definition) is 2.